The van der Waals surface area contributed by atoms with Crippen LogP contribution in [0.4, 0.5) is 24.5 Å². The summed E-state index contributed by atoms with van der Waals surface area (Å²) < 4.78 is 48.8. The van der Waals surface area contributed by atoms with Crippen molar-refractivity contribution in [3.05, 3.63) is 57.0 Å². The molecule has 0 radical (unpaired) electrons. The summed E-state index contributed by atoms with van der Waals surface area (Å²) in [6.07, 6.45) is -3.40. The van der Waals surface area contributed by atoms with Gasteiger partial charge in [0, 0.05) is 13.2 Å². The molecule has 6 nitrogen and oxygen atoms in total. The minimum Gasteiger partial charge on any atom is -0.467 e. The highest BCUT2D eigenvalue weighted by Crippen LogP contribution is 2.41. The van der Waals surface area contributed by atoms with Gasteiger partial charge >= 0.3 is 6.18 Å². The predicted molar refractivity (Wildman–Crippen MR) is 80.1 cm³/mol. The van der Waals surface area contributed by atoms with Crippen LogP contribution in [-0.2, 0) is 10.9 Å². The number of methoxy groups -OCH3 is 1. The fourth-order valence-corrected chi connectivity index (χ4v) is 2.36. The Balaban J connectivity index is 2.45. The first-order chi connectivity index (χ1) is 11.2. The van der Waals surface area contributed by atoms with E-state index < -0.39 is 33.4 Å². The fraction of sp³-hybridized carbons (Fsp3) is 0.286. The van der Waals surface area contributed by atoms with E-state index in [1.54, 1.807) is 12.1 Å². The van der Waals surface area contributed by atoms with Crippen LogP contribution in [-0.4, -0.2) is 18.6 Å². The molecule has 0 saturated heterocycles. The molecular weight excluding hydrogens is 353 g/mol. The van der Waals surface area contributed by atoms with Crippen molar-refractivity contribution in [3.63, 3.8) is 0 Å². The second kappa shape index (κ2) is 7.10. The van der Waals surface area contributed by atoms with Crippen molar-refractivity contribution >= 4 is 23.0 Å². The normalized spacial score (nSPS) is 12.9. The van der Waals surface area contributed by atoms with Gasteiger partial charge in [0.05, 0.1) is 28.4 Å². The van der Waals surface area contributed by atoms with Crippen LogP contribution in [0, 0.1) is 10.1 Å². The van der Waals surface area contributed by atoms with E-state index in [-0.39, 0.29) is 12.3 Å². The Labute approximate surface area is 139 Å². The maximum atomic E-state index is 12.9. The van der Waals surface area contributed by atoms with E-state index in [0.29, 0.717) is 11.8 Å². The van der Waals surface area contributed by atoms with Gasteiger partial charge in [-0.05, 0) is 18.2 Å². The molecule has 130 valence electrons. The van der Waals surface area contributed by atoms with Crippen LogP contribution >= 0.6 is 11.6 Å². The number of hydrogen-bond donors (Lipinski definition) is 1. The van der Waals surface area contributed by atoms with E-state index >= 15 is 0 Å². The number of nitro groups is 1. The van der Waals surface area contributed by atoms with Gasteiger partial charge in [-0.15, -0.1) is 0 Å². The van der Waals surface area contributed by atoms with Crippen LogP contribution in [0.2, 0.25) is 5.02 Å². The van der Waals surface area contributed by atoms with Crippen molar-refractivity contribution in [2.75, 3.05) is 19.0 Å². The topological polar surface area (TPSA) is 77.5 Å². The lowest BCUT2D eigenvalue weighted by molar-refractivity contribution is -0.384. The standard InChI is InChI=1S/C14H12ClF3N2O4/c1-23-7-11(13-3-2-4-24-13)19-10-6-9(15)8(14(16,17)18)5-12(10)20(21)22/h2-6,11,19H,7H2,1H3. The van der Waals surface area contributed by atoms with Crippen LogP contribution < -0.4 is 5.32 Å². The molecule has 0 aliphatic carbocycles. The van der Waals surface area contributed by atoms with Crippen molar-refractivity contribution in [1.82, 2.24) is 0 Å². The minimum absolute atomic E-state index is 0.0727. The predicted octanol–water partition coefficient (Wildman–Crippen LogP) is 4.66. The number of nitro benzene ring substituents is 1. The molecule has 1 N–H and O–H groups in total. The summed E-state index contributed by atoms with van der Waals surface area (Å²) in [7, 11) is 1.41. The van der Waals surface area contributed by atoms with Crippen LogP contribution in [0.15, 0.2) is 34.9 Å². The summed E-state index contributed by atoms with van der Waals surface area (Å²) in [6, 6.07) is 3.84. The zero-order valence-electron chi connectivity index (χ0n) is 12.3. The first kappa shape index (κ1) is 18.1. The summed E-state index contributed by atoms with van der Waals surface area (Å²) in [4.78, 5) is 10.2. The smallest absolute Gasteiger partial charge is 0.418 e. The van der Waals surface area contributed by atoms with Crippen LogP contribution in [0.1, 0.15) is 17.4 Å². The highest BCUT2D eigenvalue weighted by atomic mass is 35.5. The van der Waals surface area contributed by atoms with Gasteiger partial charge in [0.15, 0.2) is 0 Å². The van der Waals surface area contributed by atoms with E-state index in [9.17, 15) is 23.3 Å². The zero-order valence-corrected chi connectivity index (χ0v) is 13.0. The van der Waals surface area contributed by atoms with Gasteiger partial charge in [0.1, 0.15) is 17.5 Å². The summed E-state index contributed by atoms with van der Waals surface area (Å²) in [5, 5.41) is 13.2. The first-order valence-electron chi connectivity index (χ1n) is 6.58. The highest BCUT2D eigenvalue weighted by Gasteiger charge is 2.36. The number of furan rings is 1. The maximum absolute atomic E-state index is 12.9. The number of anilines is 1. The Kier molecular flexibility index (Phi) is 5.35. The average Bonchev–Trinajstić information content (AvgIpc) is 2.99. The number of alkyl halides is 3. The number of ether oxygens (including phenoxy) is 1. The van der Waals surface area contributed by atoms with Gasteiger partial charge in [-0.1, -0.05) is 11.6 Å². The van der Waals surface area contributed by atoms with Gasteiger partial charge in [-0.2, -0.15) is 13.2 Å². The molecule has 0 saturated carbocycles. The summed E-state index contributed by atoms with van der Waals surface area (Å²) in [5.41, 5.74) is -2.20. The van der Waals surface area contributed by atoms with Crippen molar-refractivity contribution in [2.24, 2.45) is 0 Å². The second-order valence-corrected chi connectivity index (χ2v) is 5.18. The highest BCUT2D eigenvalue weighted by molar-refractivity contribution is 6.31. The molecule has 1 atom stereocenters. The van der Waals surface area contributed by atoms with Gasteiger partial charge in [0.2, 0.25) is 0 Å². The maximum Gasteiger partial charge on any atom is 0.418 e. The van der Waals surface area contributed by atoms with Crippen molar-refractivity contribution < 1.29 is 27.2 Å². The molecule has 0 aliphatic heterocycles. The largest absolute Gasteiger partial charge is 0.467 e. The summed E-state index contributed by atoms with van der Waals surface area (Å²) >= 11 is 5.64. The quantitative estimate of drug-likeness (QED) is 0.596. The molecule has 0 amide bonds. The molecule has 2 aromatic rings. The first-order valence-corrected chi connectivity index (χ1v) is 6.96. The monoisotopic (exact) mass is 364 g/mol. The Morgan fingerprint density at radius 3 is 2.67 bits per heavy atom. The Hall–Kier alpha value is -2.26. The molecule has 1 aromatic heterocycles. The fourth-order valence-electron chi connectivity index (χ4n) is 2.08. The van der Waals surface area contributed by atoms with Crippen LogP contribution in [0.5, 0.6) is 0 Å². The minimum atomic E-state index is -4.80. The molecule has 1 unspecified atom stereocenters. The SMILES string of the molecule is COCC(Nc1cc(Cl)c(C(F)(F)F)cc1[N+](=O)[O-])c1ccco1. The van der Waals surface area contributed by atoms with E-state index in [4.69, 9.17) is 20.8 Å². The number of halogens is 4. The molecule has 10 heteroatoms. The Morgan fingerprint density at radius 1 is 1.46 bits per heavy atom. The number of nitrogens with one attached hydrogen (secondary N) is 1. The average molecular weight is 365 g/mol. The van der Waals surface area contributed by atoms with Gasteiger partial charge < -0.3 is 14.5 Å². The Bertz CT molecular complexity index is 720. The van der Waals surface area contributed by atoms with Crippen molar-refractivity contribution in [2.45, 2.75) is 12.2 Å². The third-order valence-electron chi connectivity index (χ3n) is 3.14. The van der Waals surface area contributed by atoms with E-state index in [1.807, 2.05) is 0 Å². The molecule has 0 fully saturated rings. The summed E-state index contributed by atoms with van der Waals surface area (Å²) in [6.45, 7) is 0.0727. The molecular formula is C14H12ClF3N2O4. The molecule has 1 aromatic carbocycles. The number of benzene rings is 1. The second-order valence-electron chi connectivity index (χ2n) is 4.77. The molecule has 0 bridgehead atoms. The van der Waals surface area contributed by atoms with E-state index in [0.717, 1.165) is 6.07 Å². The van der Waals surface area contributed by atoms with Crippen molar-refractivity contribution in [3.8, 4) is 0 Å². The van der Waals surface area contributed by atoms with Crippen LogP contribution in [0.25, 0.3) is 0 Å². The summed E-state index contributed by atoms with van der Waals surface area (Å²) in [5.74, 6) is 0.405. The Morgan fingerprint density at radius 2 is 2.17 bits per heavy atom. The van der Waals surface area contributed by atoms with Crippen molar-refractivity contribution in [1.29, 1.82) is 0 Å². The third kappa shape index (κ3) is 3.98. The molecule has 1 heterocycles. The molecule has 0 spiro atoms. The third-order valence-corrected chi connectivity index (χ3v) is 3.45. The molecule has 2 rings (SSSR count). The van der Waals surface area contributed by atoms with E-state index in [1.165, 1.54) is 13.4 Å². The molecule has 24 heavy (non-hydrogen) atoms. The number of hydrogen-bond acceptors (Lipinski definition) is 5. The lowest BCUT2D eigenvalue weighted by Gasteiger charge is -2.18. The zero-order chi connectivity index (χ0) is 17.9. The number of nitrogens with zero attached hydrogens (tertiary/aromatic N) is 1. The molecule has 0 aliphatic rings. The van der Waals surface area contributed by atoms with E-state index in [2.05, 4.69) is 5.32 Å². The number of rotatable bonds is 6. The van der Waals surface area contributed by atoms with Gasteiger partial charge in [0.25, 0.3) is 5.69 Å². The van der Waals surface area contributed by atoms with Crippen LogP contribution in [0.3, 0.4) is 0 Å². The van der Waals surface area contributed by atoms with Gasteiger partial charge in [-0.25, -0.2) is 0 Å². The lowest BCUT2D eigenvalue weighted by Crippen LogP contribution is -2.17. The lowest BCUT2D eigenvalue weighted by atomic mass is 10.1. The van der Waals surface area contributed by atoms with Gasteiger partial charge in [-0.3, -0.25) is 10.1 Å².